The van der Waals surface area contributed by atoms with E-state index in [4.69, 9.17) is 4.74 Å². The average Bonchev–Trinajstić information content (AvgIpc) is 2.93. The van der Waals surface area contributed by atoms with Gasteiger partial charge in [0.15, 0.2) is 5.78 Å². The van der Waals surface area contributed by atoms with Crippen LogP contribution in [-0.2, 0) is 11.8 Å². The predicted octanol–water partition coefficient (Wildman–Crippen LogP) is 2.14. The van der Waals surface area contributed by atoms with Crippen LogP contribution in [-0.4, -0.2) is 65.6 Å². The third-order valence-electron chi connectivity index (χ3n) is 4.46. The summed E-state index contributed by atoms with van der Waals surface area (Å²) in [5.41, 5.74) is 1.83. The quantitative estimate of drug-likeness (QED) is 0.807. The fraction of sp³-hybridized carbons (Fsp3) is 0.444. The molecule has 6 nitrogen and oxygen atoms in total. The average molecular weight is 329 g/mol. The molecular weight excluding hydrogens is 306 g/mol. The second-order valence-corrected chi connectivity index (χ2v) is 6.06. The molecule has 0 spiro atoms. The number of carbonyl (C=O) groups excluding carboxylic acids is 2. The fourth-order valence-corrected chi connectivity index (χ4v) is 3.16. The van der Waals surface area contributed by atoms with Crippen molar-refractivity contribution in [2.75, 3.05) is 39.3 Å². The molecule has 0 N–H and O–H groups in total. The molecule has 1 aromatic heterocycles. The van der Waals surface area contributed by atoms with Crippen molar-refractivity contribution in [2.45, 2.75) is 6.92 Å². The lowest BCUT2D eigenvalue weighted by atomic mass is 10.1. The number of amides is 1. The lowest BCUT2D eigenvalue weighted by Crippen LogP contribution is -2.50. The molecule has 1 aliphatic heterocycles. The number of aryl methyl sites for hydroxylation is 1. The minimum atomic E-state index is -0.266. The zero-order valence-electron chi connectivity index (χ0n) is 14.2. The number of carbonyl (C=O) groups is 2. The van der Waals surface area contributed by atoms with Crippen molar-refractivity contribution in [1.82, 2.24) is 14.4 Å². The minimum Gasteiger partial charge on any atom is -0.450 e. The van der Waals surface area contributed by atoms with E-state index in [2.05, 4.69) is 4.90 Å². The van der Waals surface area contributed by atoms with Crippen LogP contribution in [0, 0.1) is 0 Å². The van der Waals surface area contributed by atoms with Crippen LogP contribution in [0.2, 0.25) is 0 Å². The van der Waals surface area contributed by atoms with E-state index in [1.807, 2.05) is 42.1 Å². The molecule has 0 unspecified atom stereocenters. The largest absolute Gasteiger partial charge is 0.450 e. The molecule has 2 heterocycles. The molecule has 3 rings (SSSR count). The Balaban J connectivity index is 1.63. The number of hydrogen-bond acceptors (Lipinski definition) is 4. The van der Waals surface area contributed by atoms with E-state index in [9.17, 15) is 9.59 Å². The molecule has 1 aliphatic rings. The Morgan fingerprint density at radius 1 is 1.12 bits per heavy atom. The molecule has 1 aromatic carbocycles. The molecule has 1 saturated heterocycles. The first-order valence-corrected chi connectivity index (χ1v) is 8.31. The third-order valence-corrected chi connectivity index (χ3v) is 4.46. The van der Waals surface area contributed by atoms with Crippen LogP contribution in [0.4, 0.5) is 4.79 Å². The maximum atomic E-state index is 12.7. The Bertz CT molecular complexity index is 745. The standard InChI is InChI=1S/C18H23N3O3/c1-3-24-18(23)21-10-8-20(9-11-21)13-17(22)15-12-19(2)16-7-5-4-6-14(15)16/h4-7,12H,3,8-11,13H2,1-2H3. The van der Waals surface area contributed by atoms with Crippen LogP contribution < -0.4 is 0 Å². The molecule has 1 fully saturated rings. The summed E-state index contributed by atoms with van der Waals surface area (Å²) in [6.45, 7) is 5.15. The number of aromatic nitrogens is 1. The van der Waals surface area contributed by atoms with E-state index >= 15 is 0 Å². The summed E-state index contributed by atoms with van der Waals surface area (Å²) in [5, 5.41) is 0.996. The number of piperazine rings is 1. The lowest BCUT2D eigenvalue weighted by Gasteiger charge is -2.33. The highest BCUT2D eigenvalue weighted by molar-refractivity contribution is 6.09. The van der Waals surface area contributed by atoms with E-state index in [1.54, 1.807) is 11.8 Å². The summed E-state index contributed by atoms with van der Waals surface area (Å²) in [6.07, 6.45) is 1.64. The highest BCUT2D eigenvalue weighted by Gasteiger charge is 2.24. The van der Waals surface area contributed by atoms with Crippen molar-refractivity contribution in [2.24, 2.45) is 7.05 Å². The van der Waals surface area contributed by atoms with E-state index in [-0.39, 0.29) is 11.9 Å². The van der Waals surface area contributed by atoms with E-state index in [0.717, 1.165) is 16.5 Å². The number of para-hydroxylation sites is 1. The van der Waals surface area contributed by atoms with Gasteiger partial charge in [0.2, 0.25) is 0 Å². The highest BCUT2D eigenvalue weighted by Crippen LogP contribution is 2.21. The van der Waals surface area contributed by atoms with Gasteiger partial charge in [-0.1, -0.05) is 18.2 Å². The van der Waals surface area contributed by atoms with Gasteiger partial charge in [0, 0.05) is 55.9 Å². The van der Waals surface area contributed by atoms with Crippen LogP contribution in [0.1, 0.15) is 17.3 Å². The SMILES string of the molecule is CCOC(=O)N1CCN(CC(=O)c2cn(C)c3ccccc23)CC1. The van der Waals surface area contributed by atoms with E-state index in [1.165, 1.54) is 0 Å². The van der Waals surface area contributed by atoms with Crippen molar-refractivity contribution in [3.05, 3.63) is 36.0 Å². The number of fused-ring (bicyclic) bond motifs is 1. The monoisotopic (exact) mass is 329 g/mol. The number of ether oxygens (including phenoxy) is 1. The van der Waals surface area contributed by atoms with Gasteiger partial charge in [-0.05, 0) is 13.0 Å². The van der Waals surface area contributed by atoms with Crippen molar-refractivity contribution in [3.8, 4) is 0 Å². The molecule has 1 amide bonds. The molecule has 128 valence electrons. The zero-order chi connectivity index (χ0) is 17.1. The van der Waals surface area contributed by atoms with Crippen LogP contribution in [0.5, 0.6) is 0 Å². The third kappa shape index (κ3) is 3.28. The van der Waals surface area contributed by atoms with Gasteiger partial charge in [0.05, 0.1) is 13.2 Å². The normalized spacial score (nSPS) is 15.7. The van der Waals surface area contributed by atoms with Gasteiger partial charge in [0.25, 0.3) is 0 Å². The molecular formula is C18H23N3O3. The Kier molecular flexibility index (Phi) is 4.85. The Hall–Kier alpha value is -2.34. The van der Waals surface area contributed by atoms with E-state index in [0.29, 0.717) is 39.3 Å². The summed E-state index contributed by atoms with van der Waals surface area (Å²) < 4.78 is 7.00. The molecule has 6 heteroatoms. The van der Waals surface area contributed by atoms with Crippen LogP contribution in [0.25, 0.3) is 10.9 Å². The van der Waals surface area contributed by atoms with Crippen LogP contribution >= 0.6 is 0 Å². The van der Waals surface area contributed by atoms with Crippen LogP contribution in [0.15, 0.2) is 30.5 Å². The molecule has 0 bridgehead atoms. The predicted molar refractivity (Wildman–Crippen MR) is 92.3 cm³/mol. The number of ketones is 1. The number of Topliss-reactive ketones (excluding diaryl/α,β-unsaturated/α-hetero) is 1. The Morgan fingerprint density at radius 3 is 2.54 bits per heavy atom. The second kappa shape index (κ2) is 7.05. The van der Waals surface area contributed by atoms with Gasteiger partial charge >= 0.3 is 6.09 Å². The van der Waals surface area contributed by atoms with Gasteiger partial charge in [0.1, 0.15) is 0 Å². The minimum absolute atomic E-state index is 0.122. The van der Waals surface area contributed by atoms with E-state index < -0.39 is 0 Å². The van der Waals surface area contributed by atoms with Crippen molar-refractivity contribution < 1.29 is 14.3 Å². The first kappa shape index (κ1) is 16.5. The van der Waals surface area contributed by atoms with Gasteiger partial charge in [-0.3, -0.25) is 9.69 Å². The van der Waals surface area contributed by atoms with Crippen molar-refractivity contribution in [1.29, 1.82) is 0 Å². The molecule has 0 aliphatic carbocycles. The molecule has 0 radical (unpaired) electrons. The Labute approximate surface area is 141 Å². The topological polar surface area (TPSA) is 54.8 Å². The maximum absolute atomic E-state index is 12.7. The van der Waals surface area contributed by atoms with Gasteiger partial charge < -0.3 is 14.2 Å². The summed E-state index contributed by atoms with van der Waals surface area (Å²) in [7, 11) is 1.96. The number of nitrogens with zero attached hydrogens (tertiary/aromatic N) is 3. The summed E-state index contributed by atoms with van der Waals surface area (Å²) in [6, 6.07) is 7.94. The summed E-state index contributed by atoms with van der Waals surface area (Å²) in [5.74, 6) is 0.122. The fourth-order valence-electron chi connectivity index (χ4n) is 3.16. The highest BCUT2D eigenvalue weighted by atomic mass is 16.6. The summed E-state index contributed by atoms with van der Waals surface area (Å²) >= 11 is 0. The van der Waals surface area contributed by atoms with Crippen molar-refractivity contribution in [3.63, 3.8) is 0 Å². The number of benzene rings is 1. The molecule has 24 heavy (non-hydrogen) atoms. The number of rotatable bonds is 4. The van der Waals surface area contributed by atoms with Crippen molar-refractivity contribution >= 4 is 22.8 Å². The molecule has 2 aromatic rings. The first-order valence-electron chi connectivity index (χ1n) is 8.31. The zero-order valence-corrected chi connectivity index (χ0v) is 14.2. The summed E-state index contributed by atoms with van der Waals surface area (Å²) in [4.78, 5) is 28.2. The Morgan fingerprint density at radius 2 is 1.83 bits per heavy atom. The lowest BCUT2D eigenvalue weighted by molar-refractivity contribution is 0.0734. The van der Waals surface area contributed by atoms with Gasteiger partial charge in [-0.2, -0.15) is 0 Å². The van der Waals surface area contributed by atoms with Crippen LogP contribution in [0.3, 0.4) is 0 Å². The van der Waals surface area contributed by atoms with Gasteiger partial charge in [-0.25, -0.2) is 4.79 Å². The molecule has 0 saturated carbocycles. The second-order valence-electron chi connectivity index (χ2n) is 6.06. The first-order chi connectivity index (χ1) is 11.6. The maximum Gasteiger partial charge on any atom is 0.409 e. The van der Waals surface area contributed by atoms with Gasteiger partial charge in [-0.15, -0.1) is 0 Å². The smallest absolute Gasteiger partial charge is 0.409 e. The number of hydrogen-bond donors (Lipinski definition) is 0. The molecule has 0 atom stereocenters.